The lowest BCUT2D eigenvalue weighted by atomic mass is 9.91. The quantitative estimate of drug-likeness (QED) is 0.891. The number of benzene rings is 2. The van der Waals surface area contributed by atoms with Crippen LogP contribution in [0.25, 0.3) is 0 Å². The molecule has 120 valence electrons. The third kappa shape index (κ3) is 3.09. The van der Waals surface area contributed by atoms with Crippen molar-refractivity contribution in [1.29, 1.82) is 0 Å². The van der Waals surface area contributed by atoms with E-state index in [1.54, 1.807) is 6.07 Å². The Kier molecular flexibility index (Phi) is 4.12. The van der Waals surface area contributed by atoms with E-state index in [1.807, 2.05) is 19.9 Å². The molecule has 2 aromatic rings. The molecule has 1 aliphatic carbocycles. The molecule has 0 radical (unpaired) electrons. The number of carbonyl (C=O) groups is 1. The van der Waals surface area contributed by atoms with Crippen molar-refractivity contribution in [3.63, 3.8) is 0 Å². The minimum atomic E-state index is -0.0378. The van der Waals surface area contributed by atoms with Crippen LogP contribution < -0.4 is 5.32 Å². The van der Waals surface area contributed by atoms with Gasteiger partial charge in [-0.15, -0.1) is 0 Å². The molecule has 3 rings (SSSR count). The van der Waals surface area contributed by atoms with Crippen LogP contribution in [0.1, 0.15) is 47.1 Å². The van der Waals surface area contributed by atoms with Gasteiger partial charge in [-0.2, -0.15) is 0 Å². The van der Waals surface area contributed by atoms with Crippen molar-refractivity contribution in [2.75, 3.05) is 5.32 Å². The Hall–Kier alpha value is -2.29. The van der Waals surface area contributed by atoms with Crippen LogP contribution in [0.2, 0.25) is 0 Å². The van der Waals surface area contributed by atoms with E-state index in [0.29, 0.717) is 11.7 Å². The van der Waals surface area contributed by atoms with Crippen LogP contribution in [-0.4, -0.2) is 11.0 Å². The summed E-state index contributed by atoms with van der Waals surface area (Å²) in [5, 5.41) is 12.9. The SMILES string of the molecule is CC(=O)Nc1c(C)cc(C[C@H]2CCc3c(O)cccc32)cc1C. The predicted octanol–water partition coefficient (Wildman–Crippen LogP) is 4.24. The lowest BCUT2D eigenvalue weighted by molar-refractivity contribution is -0.114. The normalized spacial score (nSPS) is 16.2. The molecule has 23 heavy (non-hydrogen) atoms. The molecule has 0 bridgehead atoms. The lowest BCUT2D eigenvalue weighted by Crippen LogP contribution is -2.09. The van der Waals surface area contributed by atoms with Crippen LogP contribution in [0.15, 0.2) is 30.3 Å². The first-order valence-corrected chi connectivity index (χ1v) is 8.14. The fraction of sp³-hybridized carbons (Fsp3) is 0.350. The summed E-state index contributed by atoms with van der Waals surface area (Å²) >= 11 is 0. The maximum atomic E-state index is 11.3. The number of amides is 1. The Morgan fingerprint density at radius 1 is 1.26 bits per heavy atom. The summed E-state index contributed by atoms with van der Waals surface area (Å²) in [7, 11) is 0. The molecular weight excluding hydrogens is 286 g/mol. The number of anilines is 1. The van der Waals surface area contributed by atoms with Crippen molar-refractivity contribution in [2.45, 2.75) is 46.0 Å². The predicted molar refractivity (Wildman–Crippen MR) is 93.1 cm³/mol. The van der Waals surface area contributed by atoms with Crippen molar-refractivity contribution in [3.05, 3.63) is 58.1 Å². The molecular formula is C20H23NO2. The Labute approximate surface area is 137 Å². The standard InChI is InChI=1S/C20H23NO2/c1-12-9-15(10-13(2)20(12)21-14(3)22)11-16-7-8-18-17(16)5-4-6-19(18)23/h4-6,9-10,16,23H,7-8,11H2,1-3H3,(H,21,22)/t16-/m1/s1. The molecule has 1 aliphatic rings. The van der Waals surface area contributed by atoms with E-state index >= 15 is 0 Å². The Morgan fingerprint density at radius 2 is 1.96 bits per heavy atom. The number of rotatable bonds is 3. The number of phenolic OH excluding ortho intramolecular Hbond substituents is 1. The fourth-order valence-electron chi connectivity index (χ4n) is 3.76. The number of aromatic hydroxyl groups is 1. The molecule has 0 saturated carbocycles. The zero-order chi connectivity index (χ0) is 16.6. The van der Waals surface area contributed by atoms with Gasteiger partial charge in [0.25, 0.3) is 0 Å². The van der Waals surface area contributed by atoms with Crippen molar-refractivity contribution < 1.29 is 9.90 Å². The van der Waals surface area contributed by atoms with Crippen LogP contribution in [-0.2, 0) is 17.6 Å². The number of hydrogen-bond donors (Lipinski definition) is 2. The summed E-state index contributed by atoms with van der Waals surface area (Å²) in [6, 6.07) is 10.2. The maximum Gasteiger partial charge on any atom is 0.221 e. The van der Waals surface area contributed by atoms with Crippen LogP contribution in [0.5, 0.6) is 5.75 Å². The first kappa shape index (κ1) is 15.6. The highest BCUT2D eigenvalue weighted by Crippen LogP contribution is 2.40. The van der Waals surface area contributed by atoms with E-state index < -0.39 is 0 Å². The third-order valence-electron chi connectivity index (χ3n) is 4.75. The monoisotopic (exact) mass is 309 g/mol. The van der Waals surface area contributed by atoms with E-state index in [2.05, 4.69) is 23.5 Å². The van der Waals surface area contributed by atoms with Crippen LogP contribution in [0.3, 0.4) is 0 Å². The summed E-state index contributed by atoms with van der Waals surface area (Å²) in [5.74, 6) is 0.852. The van der Waals surface area contributed by atoms with Gasteiger partial charge in [-0.3, -0.25) is 4.79 Å². The van der Waals surface area contributed by atoms with Crippen molar-refractivity contribution >= 4 is 11.6 Å². The third-order valence-corrected chi connectivity index (χ3v) is 4.75. The molecule has 0 heterocycles. The Bertz CT molecular complexity index is 741. The van der Waals surface area contributed by atoms with Crippen molar-refractivity contribution in [1.82, 2.24) is 0 Å². The topological polar surface area (TPSA) is 49.3 Å². The molecule has 0 unspecified atom stereocenters. The van der Waals surface area contributed by atoms with Gasteiger partial charge in [-0.05, 0) is 72.9 Å². The summed E-state index contributed by atoms with van der Waals surface area (Å²) in [6.45, 7) is 5.61. The molecule has 1 atom stereocenters. The Morgan fingerprint density at radius 3 is 2.61 bits per heavy atom. The van der Waals surface area contributed by atoms with E-state index in [-0.39, 0.29) is 5.91 Å². The van der Waals surface area contributed by atoms with Gasteiger partial charge in [-0.1, -0.05) is 24.3 Å². The number of phenols is 1. The average Bonchev–Trinajstić information content (AvgIpc) is 2.87. The van der Waals surface area contributed by atoms with Gasteiger partial charge in [0.1, 0.15) is 5.75 Å². The number of aryl methyl sites for hydroxylation is 2. The molecule has 0 spiro atoms. The van der Waals surface area contributed by atoms with Gasteiger partial charge in [0, 0.05) is 12.6 Å². The highest BCUT2D eigenvalue weighted by molar-refractivity contribution is 5.90. The van der Waals surface area contributed by atoms with Gasteiger partial charge in [0.2, 0.25) is 5.91 Å². The Balaban J connectivity index is 1.85. The highest BCUT2D eigenvalue weighted by atomic mass is 16.3. The van der Waals surface area contributed by atoms with E-state index in [9.17, 15) is 9.90 Å². The van der Waals surface area contributed by atoms with Crippen LogP contribution in [0, 0.1) is 13.8 Å². The zero-order valence-corrected chi connectivity index (χ0v) is 13.9. The average molecular weight is 309 g/mol. The molecule has 3 heteroatoms. The number of fused-ring (bicyclic) bond motifs is 1. The summed E-state index contributed by atoms with van der Waals surface area (Å²) in [4.78, 5) is 11.3. The van der Waals surface area contributed by atoms with Crippen molar-refractivity contribution in [3.8, 4) is 5.75 Å². The molecule has 2 aromatic carbocycles. The highest BCUT2D eigenvalue weighted by Gasteiger charge is 2.25. The largest absolute Gasteiger partial charge is 0.508 e. The molecule has 2 N–H and O–H groups in total. The fourth-order valence-corrected chi connectivity index (χ4v) is 3.76. The molecule has 1 amide bonds. The van der Waals surface area contributed by atoms with Gasteiger partial charge in [0.05, 0.1) is 0 Å². The first-order chi connectivity index (χ1) is 11.0. The molecule has 3 nitrogen and oxygen atoms in total. The second kappa shape index (κ2) is 6.07. The molecule has 0 aromatic heterocycles. The number of nitrogens with one attached hydrogen (secondary N) is 1. The number of carbonyl (C=O) groups excluding carboxylic acids is 1. The molecule has 0 aliphatic heterocycles. The van der Waals surface area contributed by atoms with Crippen LogP contribution >= 0.6 is 0 Å². The summed E-state index contributed by atoms with van der Waals surface area (Å²) < 4.78 is 0. The zero-order valence-electron chi connectivity index (χ0n) is 13.9. The molecule has 0 saturated heterocycles. The lowest BCUT2D eigenvalue weighted by Gasteiger charge is -2.16. The molecule has 0 fully saturated rings. The second-order valence-corrected chi connectivity index (χ2v) is 6.57. The number of hydrogen-bond acceptors (Lipinski definition) is 2. The minimum Gasteiger partial charge on any atom is -0.508 e. The van der Waals surface area contributed by atoms with E-state index in [0.717, 1.165) is 41.6 Å². The van der Waals surface area contributed by atoms with Gasteiger partial charge in [0.15, 0.2) is 0 Å². The van der Waals surface area contributed by atoms with Crippen LogP contribution in [0.4, 0.5) is 5.69 Å². The second-order valence-electron chi connectivity index (χ2n) is 6.57. The van der Waals surface area contributed by atoms with Gasteiger partial charge < -0.3 is 10.4 Å². The maximum absolute atomic E-state index is 11.3. The van der Waals surface area contributed by atoms with E-state index in [1.165, 1.54) is 18.1 Å². The first-order valence-electron chi connectivity index (χ1n) is 8.14. The minimum absolute atomic E-state index is 0.0378. The summed E-state index contributed by atoms with van der Waals surface area (Å²) in [6.07, 6.45) is 3.01. The van der Waals surface area contributed by atoms with E-state index in [4.69, 9.17) is 0 Å². The summed E-state index contributed by atoms with van der Waals surface area (Å²) in [5.41, 5.74) is 6.81. The van der Waals surface area contributed by atoms with Gasteiger partial charge in [-0.25, -0.2) is 0 Å². The van der Waals surface area contributed by atoms with Gasteiger partial charge >= 0.3 is 0 Å². The smallest absolute Gasteiger partial charge is 0.221 e. The van der Waals surface area contributed by atoms with Crippen molar-refractivity contribution in [2.24, 2.45) is 0 Å².